The van der Waals surface area contributed by atoms with Crippen LogP contribution in [0.15, 0.2) is 102 Å². The van der Waals surface area contributed by atoms with Crippen molar-refractivity contribution >= 4 is 26.8 Å². The van der Waals surface area contributed by atoms with Crippen LogP contribution < -0.4 is 9.88 Å². The van der Waals surface area contributed by atoms with Crippen molar-refractivity contribution in [3.8, 4) is 17.1 Å². The van der Waals surface area contributed by atoms with E-state index in [2.05, 4.69) is 4.57 Å². The Morgan fingerprint density at radius 2 is 1.59 bits per heavy atom. The minimum atomic E-state index is -4.06. The zero-order valence-corrected chi connectivity index (χ0v) is 23.4. The number of benzene rings is 4. The van der Waals surface area contributed by atoms with Crippen molar-refractivity contribution in [3.63, 3.8) is 0 Å². The summed E-state index contributed by atoms with van der Waals surface area (Å²) in [5.41, 5.74) is 4.12. The molecular weight excluding hydrogens is 534 g/mol. The molecule has 1 aliphatic carbocycles. The third-order valence-electron chi connectivity index (χ3n) is 7.69. The predicted octanol–water partition coefficient (Wildman–Crippen LogP) is 6.67. The van der Waals surface area contributed by atoms with Gasteiger partial charge in [-0.05, 0) is 73.0 Å². The average molecular weight is 566 g/mol. The van der Waals surface area contributed by atoms with Crippen LogP contribution >= 0.6 is 0 Å². The summed E-state index contributed by atoms with van der Waals surface area (Å²) in [7, 11) is -4.06. The van der Waals surface area contributed by atoms with E-state index in [9.17, 15) is 13.2 Å². The van der Waals surface area contributed by atoms with Gasteiger partial charge < -0.3 is 9.30 Å². The Bertz CT molecular complexity index is 1810. The van der Waals surface area contributed by atoms with Crippen molar-refractivity contribution in [1.82, 2.24) is 9.55 Å². The normalized spacial score (nSPS) is 14.3. The molecule has 0 atom stereocenters. The molecule has 5 aromatic rings. The summed E-state index contributed by atoms with van der Waals surface area (Å²) in [4.78, 5) is 18.3. The lowest BCUT2D eigenvalue weighted by Crippen LogP contribution is -2.17. The van der Waals surface area contributed by atoms with Crippen molar-refractivity contribution < 1.29 is 17.9 Å². The van der Waals surface area contributed by atoms with E-state index in [4.69, 9.17) is 14.9 Å². The lowest BCUT2D eigenvalue weighted by atomic mass is 9.94. The van der Waals surface area contributed by atoms with E-state index in [1.54, 1.807) is 24.3 Å². The summed E-state index contributed by atoms with van der Waals surface area (Å²) in [6, 6.07) is 29.8. The zero-order chi connectivity index (χ0) is 28.4. The minimum Gasteiger partial charge on any atom is -0.489 e. The topological polar surface area (TPSA) is 104 Å². The van der Waals surface area contributed by atoms with Gasteiger partial charge in [-0.1, -0.05) is 61.7 Å². The van der Waals surface area contributed by atoms with Gasteiger partial charge in [0.1, 0.15) is 18.2 Å². The van der Waals surface area contributed by atoms with Crippen molar-refractivity contribution in [2.45, 2.75) is 49.6 Å². The molecule has 8 heteroatoms. The highest BCUT2D eigenvalue weighted by Gasteiger charge is 2.24. The Balaban J connectivity index is 1.36. The monoisotopic (exact) mass is 565 g/mol. The summed E-state index contributed by atoms with van der Waals surface area (Å²) >= 11 is 0. The van der Waals surface area contributed by atoms with Gasteiger partial charge in [0.15, 0.2) is 5.78 Å². The number of primary sulfonamides is 1. The number of ether oxygens (including phenoxy) is 1. The maximum Gasteiger partial charge on any atom is 0.238 e. The molecule has 6 rings (SSSR count). The van der Waals surface area contributed by atoms with Crippen LogP contribution in [0.25, 0.3) is 22.4 Å². The van der Waals surface area contributed by atoms with Gasteiger partial charge in [-0.25, -0.2) is 18.5 Å². The van der Waals surface area contributed by atoms with E-state index in [0.717, 1.165) is 53.9 Å². The molecule has 1 aromatic heterocycles. The Morgan fingerprint density at radius 3 is 2.32 bits per heavy atom. The quantitative estimate of drug-likeness (QED) is 0.212. The number of rotatable bonds is 8. The molecule has 2 N–H and O–H groups in total. The molecule has 1 aliphatic rings. The van der Waals surface area contributed by atoms with Gasteiger partial charge >= 0.3 is 0 Å². The highest BCUT2D eigenvalue weighted by atomic mass is 32.2. The SMILES string of the molecule is NS(=O)(=O)c1ccccc1C(=O)c1ccc2c(c1)nc(-c1ccc(OCc3ccccc3)cc1)n2C1CCCCC1. The van der Waals surface area contributed by atoms with Crippen molar-refractivity contribution in [1.29, 1.82) is 0 Å². The molecular formula is C33H31N3O4S. The first-order valence-electron chi connectivity index (χ1n) is 13.8. The fourth-order valence-electron chi connectivity index (χ4n) is 5.65. The van der Waals surface area contributed by atoms with Gasteiger partial charge in [-0.2, -0.15) is 0 Å². The third kappa shape index (κ3) is 5.66. The van der Waals surface area contributed by atoms with E-state index in [0.29, 0.717) is 23.7 Å². The molecule has 7 nitrogen and oxygen atoms in total. The fourth-order valence-corrected chi connectivity index (χ4v) is 6.39. The Labute approximate surface area is 239 Å². The molecule has 1 heterocycles. The number of ketones is 1. The zero-order valence-electron chi connectivity index (χ0n) is 22.6. The molecule has 0 spiro atoms. The molecule has 1 fully saturated rings. The molecule has 208 valence electrons. The Morgan fingerprint density at radius 1 is 0.878 bits per heavy atom. The number of carbonyl (C=O) groups is 1. The second-order valence-corrected chi connectivity index (χ2v) is 12.0. The number of imidazole rings is 1. The number of aromatic nitrogens is 2. The highest BCUT2D eigenvalue weighted by molar-refractivity contribution is 7.89. The summed E-state index contributed by atoms with van der Waals surface area (Å²) in [5, 5.41) is 5.39. The van der Waals surface area contributed by atoms with Gasteiger partial charge in [-0.15, -0.1) is 0 Å². The van der Waals surface area contributed by atoms with Crippen LogP contribution in [-0.4, -0.2) is 23.8 Å². The smallest absolute Gasteiger partial charge is 0.238 e. The van der Waals surface area contributed by atoms with Crippen LogP contribution in [0.5, 0.6) is 5.75 Å². The van der Waals surface area contributed by atoms with Crippen LogP contribution in [0.1, 0.15) is 59.6 Å². The summed E-state index contributed by atoms with van der Waals surface area (Å²) < 4.78 is 32.5. The van der Waals surface area contributed by atoms with E-state index >= 15 is 0 Å². The first-order valence-corrected chi connectivity index (χ1v) is 15.4. The second kappa shape index (κ2) is 11.3. The Kier molecular flexibility index (Phi) is 7.43. The van der Waals surface area contributed by atoms with E-state index in [1.165, 1.54) is 18.6 Å². The number of carbonyl (C=O) groups excluding carboxylic acids is 1. The maximum absolute atomic E-state index is 13.5. The highest BCUT2D eigenvalue weighted by Crippen LogP contribution is 2.37. The van der Waals surface area contributed by atoms with Crippen LogP contribution in [0, 0.1) is 0 Å². The van der Waals surface area contributed by atoms with Gasteiger partial charge in [0.25, 0.3) is 0 Å². The standard InChI is InChI=1S/C33H31N3O4S/c34-41(38,39)31-14-8-7-13-28(31)32(37)25-17-20-30-29(21-25)35-33(36(30)26-11-5-2-6-12-26)24-15-18-27(19-16-24)40-22-23-9-3-1-4-10-23/h1,3-4,7-10,13-21,26H,2,5-6,11-12,22H2,(H2,34,38,39). The molecule has 1 saturated carbocycles. The van der Waals surface area contributed by atoms with E-state index < -0.39 is 15.8 Å². The van der Waals surface area contributed by atoms with Gasteiger partial charge in [0.2, 0.25) is 10.0 Å². The second-order valence-electron chi connectivity index (χ2n) is 10.5. The van der Waals surface area contributed by atoms with Crippen LogP contribution in [-0.2, 0) is 16.6 Å². The van der Waals surface area contributed by atoms with Crippen LogP contribution in [0.3, 0.4) is 0 Å². The first-order chi connectivity index (χ1) is 19.9. The Hall–Kier alpha value is -4.27. The number of nitrogens with two attached hydrogens (primary N) is 1. The molecule has 0 amide bonds. The average Bonchev–Trinajstić information content (AvgIpc) is 3.39. The largest absolute Gasteiger partial charge is 0.489 e. The summed E-state index contributed by atoms with van der Waals surface area (Å²) in [6.45, 7) is 0.492. The lowest BCUT2D eigenvalue weighted by molar-refractivity contribution is 0.103. The summed E-state index contributed by atoms with van der Waals surface area (Å²) in [5.74, 6) is 1.21. The molecule has 0 saturated heterocycles. The molecule has 0 radical (unpaired) electrons. The van der Waals surface area contributed by atoms with Crippen molar-refractivity contribution in [3.05, 3.63) is 114 Å². The van der Waals surface area contributed by atoms with Crippen LogP contribution in [0.2, 0.25) is 0 Å². The van der Waals surface area contributed by atoms with Crippen molar-refractivity contribution in [2.24, 2.45) is 5.14 Å². The molecule has 0 aliphatic heterocycles. The first kappa shape index (κ1) is 26.9. The molecule has 41 heavy (non-hydrogen) atoms. The molecule has 4 aromatic carbocycles. The molecule has 0 bridgehead atoms. The van der Waals surface area contributed by atoms with Gasteiger partial charge in [0.05, 0.1) is 15.9 Å². The lowest BCUT2D eigenvalue weighted by Gasteiger charge is -2.25. The number of hydrogen-bond acceptors (Lipinski definition) is 5. The van der Waals surface area contributed by atoms with E-state index in [1.807, 2.05) is 60.7 Å². The van der Waals surface area contributed by atoms with Crippen molar-refractivity contribution in [2.75, 3.05) is 0 Å². The van der Waals surface area contributed by atoms with Gasteiger partial charge in [-0.3, -0.25) is 4.79 Å². The number of sulfonamides is 1. The van der Waals surface area contributed by atoms with E-state index in [-0.39, 0.29) is 10.5 Å². The third-order valence-corrected chi connectivity index (χ3v) is 8.66. The number of fused-ring (bicyclic) bond motifs is 1. The molecule has 0 unspecified atom stereocenters. The van der Waals surface area contributed by atoms with Gasteiger partial charge in [0, 0.05) is 22.7 Å². The van der Waals surface area contributed by atoms with Crippen LogP contribution in [0.4, 0.5) is 0 Å². The predicted molar refractivity (Wildman–Crippen MR) is 159 cm³/mol. The number of hydrogen-bond donors (Lipinski definition) is 1. The maximum atomic E-state index is 13.5. The number of nitrogens with zero attached hydrogens (tertiary/aromatic N) is 2. The fraction of sp³-hybridized carbons (Fsp3) is 0.212. The minimum absolute atomic E-state index is 0.0485. The summed E-state index contributed by atoms with van der Waals surface area (Å²) in [6.07, 6.45) is 5.69.